The predicted molar refractivity (Wildman–Crippen MR) is 84.2 cm³/mol. The number of rotatable bonds is 3. The maximum atomic E-state index is 4.65. The molecular weight excluding hydrogens is 260 g/mol. The summed E-state index contributed by atoms with van der Waals surface area (Å²) in [4.78, 5) is 11.8. The number of aromatic nitrogens is 2. The maximum Gasteiger partial charge on any atom is 0.0950 e. The van der Waals surface area contributed by atoms with Gasteiger partial charge in [0.05, 0.1) is 17.4 Å². The third-order valence-electron chi connectivity index (χ3n) is 3.95. The molecule has 0 unspecified atom stereocenters. The molecule has 0 atom stereocenters. The Morgan fingerprint density at radius 3 is 1.86 bits per heavy atom. The monoisotopic (exact) mass is 282 g/mol. The molecule has 2 aromatic heterocycles. The quantitative estimate of drug-likeness (QED) is 0.936. The minimum Gasteiger partial charge on any atom is -0.314 e. The van der Waals surface area contributed by atoms with Crippen molar-refractivity contribution in [2.45, 2.75) is 19.9 Å². The van der Waals surface area contributed by atoms with E-state index in [9.17, 15) is 0 Å². The van der Waals surface area contributed by atoms with Gasteiger partial charge >= 0.3 is 0 Å². The summed E-state index contributed by atoms with van der Waals surface area (Å²) in [5, 5.41) is 3.41. The van der Waals surface area contributed by atoms with Crippen LogP contribution in [0.1, 0.15) is 28.6 Å². The molecule has 0 aromatic carbocycles. The molecule has 3 heterocycles. The Morgan fingerprint density at radius 1 is 0.905 bits per heavy atom. The Hall–Kier alpha value is -1.78. The van der Waals surface area contributed by atoms with Gasteiger partial charge in [0.1, 0.15) is 0 Å². The maximum absolute atomic E-state index is 4.65. The van der Waals surface area contributed by atoms with E-state index in [1.165, 1.54) is 11.1 Å². The summed E-state index contributed by atoms with van der Waals surface area (Å²) in [5.41, 5.74) is 4.54. The number of pyridine rings is 2. The van der Waals surface area contributed by atoms with Crippen molar-refractivity contribution in [3.05, 3.63) is 59.2 Å². The molecule has 2 aromatic rings. The first-order chi connectivity index (χ1) is 10.2. The van der Waals surface area contributed by atoms with Crippen LogP contribution in [0.4, 0.5) is 0 Å². The van der Waals surface area contributed by atoms with Crippen molar-refractivity contribution in [2.24, 2.45) is 0 Å². The van der Waals surface area contributed by atoms with Crippen LogP contribution in [0.15, 0.2) is 36.7 Å². The SMILES string of the molecule is Cc1ccc(C(c2ccc(C)cn2)N2CCNCC2)nc1. The molecule has 4 heteroatoms. The summed E-state index contributed by atoms with van der Waals surface area (Å²) < 4.78 is 0. The van der Waals surface area contributed by atoms with Gasteiger partial charge in [-0.1, -0.05) is 12.1 Å². The molecule has 1 aliphatic rings. The van der Waals surface area contributed by atoms with E-state index < -0.39 is 0 Å². The lowest BCUT2D eigenvalue weighted by molar-refractivity contribution is 0.192. The fourth-order valence-electron chi connectivity index (χ4n) is 2.75. The molecule has 4 nitrogen and oxygen atoms in total. The van der Waals surface area contributed by atoms with Crippen LogP contribution in [0.2, 0.25) is 0 Å². The molecule has 0 bridgehead atoms. The highest BCUT2D eigenvalue weighted by Crippen LogP contribution is 2.26. The van der Waals surface area contributed by atoms with Crippen LogP contribution in [-0.2, 0) is 0 Å². The van der Waals surface area contributed by atoms with Crippen LogP contribution in [0.5, 0.6) is 0 Å². The fourth-order valence-corrected chi connectivity index (χ4v) is 2.75. The van der Waals surface area contributed by atoms with Crippen molar-refractivity contribution in [3.8, 4) is 0 Å². The van der Waals surface area contributed by atoms with Gasteiger partial charge in [-0.2, -0.15) is 0 Å². The van der Waals surface area contributed by atoms with E-state index in [4.69, 9.17) is 0 Å². The summed E-state index contributed by atoms with van der Waals surface area (Å²) in [6, 6.07) is 8.67. The molecule has 1 N–H and O–H groups in total. The zero-order valence-electron chi connectivity index (χ0n) is 12.7. The number of hydrogen-bond donors (Lipinski definition) is 1. The largest absolute Gasteiger partial charge is 0.314 e. The van der Waals surface area contributed by atoms with Crippen molar-refractivity contribution in [2.75, 3.05) is 26.2 Å². The second kappa shape index (κ2) is 6.33. The van der Waals surface area contributed by atoms with Gasteiger partial charge in [-0.15, -0.1) is 0 Å². The van der Waals surface area contributed by atoms with Crippen molar-refractivity contribution in [1.29, 1.82) is 0 Å². The van der Waals surface area contributed by atoms with Gasteiger partial charge in [0.2, 0.25) is 0 Å². The minimum atomic E-state index is 0.147. The highest BCUT2D eigenvalue weighted by molar-refractivity contribution is 5.25. The Balaban J connectivity index is 1.97. The molecule has 0 amide bonds. The topological polar surface area (TPSA) is 41.1 Å². The second-order valence-corrected chi connectivity index (χ2v) is 5.71. The molecule has 0 saturated carbocycles. The molecule has 110 valence electrons. The van der Waals surface area contributed by atoms with E-state index in [2.05, 4.69) is 58.3 Å². The molecule has 3 rings (SSSR count). The van der Waals surface area contributed by atoms with Crippen LogP contribution >= 0.6 is 0 Å². The summed E-state index contributed by atoms with van der Waals surface area (Å²) in [5.74, 6) is 0. The predicted octanol–water partition coefficient (Wildman–Crippen LogP) is 2.09. The lowest BCUT2D eigenvalue weighted by atomic mass is 10.0. The highest BCUT2D eigenvalue weighted by Gasteiger charge is 2.25. The van der Waals surface area contributed by atoms with Crippen molar-refractivity contribution < 1.29 is 0 Å². The number of piperazine rings is 1. The molecule has 0 spiro atoms. The van der Waals surface area contributed by atoms with Gasteiger partial charge in [-0.05, 0) is 37.1 Å². The minimum absolute atomic E-state index is 0.147. The normalized spacial score (nSPS) is 16.3. The second-order valence-electron chi connectivity index (χ2n) is 5.71. The first kappa shape index (κ1) is 14.2. The van der Waals surface area contributed by atoms with Gasteiger partial charge in [0.25, 0.3) is 0 Å². The average Bonchev–Trinajstić information content (AvgIpc) is 2.52. The smallest absolute Gasteiger partial charge is 0.0950 e. The Bertz CT molecular complexity index is 525. The van der Waals surface area contributed by atoms with Crippen molar-refractivity contribution >= 4 is 0 Å². The van der Waals surface area contributed by atoms with Gasteiger partial charge in [-0.3, -0.25) is 14.9 Å². The first-order valence-electron chi connectivity index (χ1n) is 7.54. The lowest BCUT2D eigenvalue weighted by Gasteiger charge is -2.34. The van der Waals surface area contributed by atoms with E-state index in [1.807, 2.05) is 12.4 Å². The van der Waals surface area contributed by atoms with Crippen molar-refractivity contribution in [1.82, 2.24) is 20.2 Å². The standard InChI is InChI=1S/C17H22N4/c1-13-3-5-15(19-11-13)17(21-9-7-18-8-10-21)16-6-4-14(2)12-20-16/h3-6,11-12,17-18H,7-10H2,1-2H3. The molecule has 0 aliphatic carbocycles. The van der Waals surface area contributed by atoms with E-state index in [0.717, 1.165) is 37.6 Å². The van der Waals surface area contributed by atoms with Crippen molar-refractivity contribution in [3.63, 3.8) is 0 Å². The van der Waals surface area contributed by atoms with Gasteiger partial charge in [0, 0.05) is 38.6 Å². The Labute approximate surface area is 126 Å². The highest BCUT2D eigenvalue weighted by atomic mass is 15.2. The Morgan fingerprint density at radius 2 is 1.43 bits per heavy atom. The van der Waals surface area contributed by atoms with E-state index in [0.29, 0.717) is 0 Å². The van der Waals surface area contributed by atoms with E-state index in [1.54, 1.807) is 0 Å². The lowest BCUT2D eigenvalue weighted by Crippen LogP contribution is -2.45. The van der Waals surface area contributed by atoms with Gasteiger partial charge < -0.3 is 5.32 Å². The zero-order valence-corrected chi connectivity index (χ0v) is 12.7. The number of nitrogens with zero attached hydrogens (tertiary/aromatic N) is 3. The first-order valence-corrected chi connectivity index (χ1v) is 7.54. The molecule has 1 saturated heterocycles. The molecule has 0 radical (unpaired) electrons. The molecule has 1 aliphatic heterocycles. The van der Waals surface area contributed by atoms with Crippen LogP contribution in [-0.4, -0.2) is 41.0 Å². The Kier molecular flexibility index (Phi) is 4.27. The van der Waals surface area contributed by atoms with E-state index in [-0.39, 0.29) is 6.04 Å². The number of hydrogen-bond acceptors (Lipinski definition) is 4. The van der Waals surface area contributed by atoms with Crippen LogP contribution in [0.25, 0.3) is 0 Å². The van der Waals surface area contributed by atoms with Crippen LogP contribution in [0, 0.1) is 13.8 Å². The number of nitrogens with one attached hydrogen (secondary N) is 1. The average molecular weight is 282 g/mol. The molecular formula is C17H22N4. The summed E-state index contributed by atoms with van der Waals surface area (Å²) in [6.07, 6.45) is 3.89. The van der Waals surface area contributed by atoms with Gasteiger partial charge in [-0.25, -0.2) is 0 Å². The van der Waals surface area contributed by atoms with E-state index >= 15 is 0 Å². The zero-order chi connectivity index (χ0) is 14.7. The third kappa shape index (κ3) is 3.28. The van der Waals surface area contributed by atoms with Crippen LogP contribution < -0.4 is 5.32 Å². The van der Waals surface area contributed by atoms with Gasteiger partial charge in [0.15, 0.2) is 0 Å². The summed E-state index contributed by atoms with van der Waals surface area (Å²) >= 11 is 0. The third-order valence-corrected chi connectivity index (χ3v) is 3.95. The number of aryl methyl sites for hydroxylation is 2. The van der Waals surface area contributed by atoms with Crippen LogP contribution in [0.3, 0.4) is 0 Å². The fraction of sp³-hybridized carbons (Fsp3) is 0.412. The summed E-state index contributed by atoms with van der Waals surface area (Å²) in [7, 11) is 0. The molecule has 1 fully saturated rings. The summed E-state index contributed by atoms with van der Waals surface area (Å²) in [6.45, 7) is 8.23. The molecule has 21 heavy (non-hydrogen) atoms.